The highest BCUT2D eigenvalue weighted by Gasteiger charge is 2.27. The second-order valence-electron chi connectivity index (χ2n) is 8.42. The Morgan fingerprint density at radius 1 is 1.11 bits per heavy atom. The van der Waals surface area contributed by atoms with Crippen molar-refractivity contribution in [1.29, 1.82) is 10.5 Å². The minimum Gasteiger partial charge on any atom is -0.369 e. The summed E-state index contributed by atoms with van der Waals surface area (Å²) >= 11 is 0. The van der Waals surface area contributed by atoms with Gasteiger partial charge in [0.15, 0.2) is 0 Å². The van der Waals surface area contributed by atoms with Crippen LogP contribution >= 0.6 is 0 Å². The van der Waals surface area contributed by atoms with E-state index in [2.05, 4.69) is 66.6 Å². The molecule has 0 aromatic heterocycles. The van der Waals surface area contributed by atoms with Crippen LogP contribution in [0.1, 0.15) is 32.3 Å². The molecule has 3 rings (SSSR count). The smallest absolute Gasteiger partial charge is 0.126 e. The maximum Gasteiger partial charge on any atom is 0.126 e. The van der Waals surface area contributed by atoms with E-state index >= 15 is 0 Å². The summed E-state index contributed by atoms with van der Waals surface area (Å²) in [5, 5.41) is 21.5. The van der Waals surface area contributed by atoms with Crippen molar-refractivity contribution in [2.24, 2.45) is 11.3 Å². The number of anilines is 1. The Bertz CT molecular complexity index is 837. The third-order valence-corrected chi connectivity index (χ3v) is 5.39. The minimum atomic E-state index is 0.132. The van der Waals surface area contributed by atoms with Crippen LogP contribution in [0.15, 0.2) is 53.6 Å². The monoisotopic (exact) mass is 372 g/mol. The maximum absolute atomic E-state index is 9.04. The van der Waals surface area contributed by atoms with Crippen LogP contribution in [0, 0.1) is 34.0 Å². The predicted molar refractivity (Wildman–Crippen MR) is 114 cm³/mol. The molecule has 4 nitrogen and oxygen atoms in total. The van der Waals surface area contributed by atoms with Gasteiger partial charge in [0.25, 0.3) is 0 Å². The van der Waals surface area contributed by atoms with Gasteiger partial charge in [0.1, 0.15) is 17.7 Å². The summed E-state index contributed by atoms with van der Waals surface area (Å²) in [6.45, 7) is 8.69. The number of piperazine rings is 1. The van der Waals surface area contributed by atoms with Gasteiger partial charge in [-0.15, -0.1) is 0 Å². The lowest BCUT2D eigenvalue weighted by atomic mass is 9.72. The molecule has 1 aromatic carbocycles. The average molecular weight is 373 g/mol. The van der Waals surface area contributed by atoms with Gasteiger partial charge in [0.2, 0.25) is 0 Å². The largest absolute Gasteiger partial charge is 0.369 e. The Balaban J connectivity index is 1.73. The molecular formula is C24H28N4. The number of rotatable bonds is 4. The van der Waals surface area contributed by atoms with Gasteiger partial charge in [-0.1, -0.05) is 49.8 Å². The summed E-state index contributed by atoms with van der Waals surface area (Å²) in [6.07, 6.45) is 10.3. The average Bonchev–Trinajstić information content (AvgIpc) is 2.70. The molecule has 1 saturated heterocycles. The normalized spacial score (nSPS) is 21.5. The Morgan fingerprint density at radius 2 is 1.79 bits per heavy atom. The molecule has 0 saturated carbocycles. The molecule has 0 amide bonds. The van der Waals surface area contributed by atoms with Crippen LogP contribution in [-0.4, -0.2) is 26.2 Å². The van der Waals surface area contributed by atoms with E-state index in [0.29, 0.717) is 0 Å². The molecule has 4 heteroatoms. The highest BCUT2D eigenvalue weighted by molar-refractivity contribution is 5.58. The Kier molecular flexibility index (Phi) is 6.34. The zero-order chi connectivity index (χ0) is 20.0. The summed E-state index contributed by atoms with van der Waals surface area (Å²) in [5.41, 5.74) is 4.08. The van der Waals surface area contributed by atoms with Gasteiger partial charge >= 0.3 is 0 Å². The summed E-state index contributed by atoms with van der Waals surface area (Å²) in [6, 6.07) is 12.7. The van der Waals surface area contributed by atoms with Gasteiger partial charge in [-0.25, -0.2) is 0 Å². The molecule has 1 atom stereocenters. The standard InChI is InChI=1S/C24H28N4/c1-24(2)15-20(13-21(16-24)14-22(17-25)18-26)4-3-19-5-7-23(8-6-19)28-11-9-27-10-12-28/h3-8,13-14,21,27H,9-12,15-16H2,1-2H3/b4-3+. The summed E-state index contributed by atoms with van der Waals surface area (Å²) in [7, 11) is 0. The lowest BCUT2D eigenvalue weighted by Gasteiger charge is -2.32. The van der Waals surface area contributed by atoms with Gasteiger partial charge in [-0.05, 0) is 47.9 Å². The second kappa shape index (κ2) is 8.91. The van der Waals surface area contributed by atoms with Gasteiger partial charge in [-0.2, -0.15) is 10.5 Å². The van der Waals surface area contributed by atoms with Crippen molar-refractivity contribution < 1.29 is 0 Å². The molecule has 1 fully saturated rings. The van der Waals surface area contributed by atoms with E-state index in [-0.39, 0.29) is 16.9 Å². The Morgan fingerprint density at radius 3 is 2.43 bits per heavy atom. The van der Waals surface area contributed by atoms with E-state index in [1.807, 2.05) is 12.1 Å². The first-order valence-corrected chi connectivity index (χ1v) is 9.96. The predicted octanol–water partition coefficient (Wildman–Crippen LogP) is 4.45. The van der Waals surface area contributed by atoms with E-state index in [4.69, 9.17) is 10.5 Å². The number of nitriles is 2. The quantitative estimate of drug-likeness (QED) is 0.794. The fourth-order valence-corrected chi connectivity index (χ4v) is 4.11. The maximum atomic E-state index is 9.04. The fourth-order valence-electron chi connectivity index (χ4n) is 4.11. The molecule has 0 bridgehead atoms. The van der Waals surface area contributed by atoms with E-state index in [1.54, 1.807) is 6.08 Å². The van der Waals surface area contributed by atoms with Crippen LogP contribution in [0.3, 0.4) is 0 Å². The number of nitrogens with one attached hydrogen (secondary N) is 1. The van der Waals surface area contributed by atoms with Crippen molar-refractivity contribution in [3.05, 3.63) is 59.2 Å². The van der Waals surface area contributed by atoms with Crippen molar-refractivity contribution in [2.75, 3.05) is 31.1 Å². The van der Waals surface area contributed by atoms with E-state index in [0.717, 1.165) is 39.0 Å². The van der Waals surface area contributed by atoms with Crippen molar-refractivity contribution >= 4 is 11.8 Å². The molecular weight excluding hydrogens is 344 g/mol. The zero-order valence-corrected chi connectivity index (χ0v) is 16.8. The van der Waals surface area contributed by atoms with Gasteiger partial charge < -0.3 is 10.2 Å². The third kappa shape index (κ3) is 5.35. The van der Waals surface area contributed by atoms with Crippen molar-refractivity contribution in [3.63, 3.8) is 0 Å². The molecule has 0 spiro atoms. The summed E-state index contributed by atoms with van der Waals surface area (Å²) < 4.78 is 0. The molecule has 1 aromatic rings. The Hall–Kier alpha value is -2.82. The minimum absolute atomic E-state index is 0.132. The highest BCUT2D eigenvalue weighted by atomic mass is 15.2. The van der Waals surface area contributed by atoms with Crippen LogP contribution in [0.25, 0.3) is 6.08 Å². The molecule has 144 valence electrons. The van der Waals surface area contributed by atoms with E-state index in [1.165, 1.54) is 16.8 Å². The fraction of sp³-hybridized carbons (Fsp3) is 0.417. The summed E-state index contributed by atoms with van der Waals surface area (Å²) in [5.74, 6) is 0.132. The molecule has 0 radical (unpaired) electrons. The number of hydrogen-bond acceptors (Lipinski definition) is 4. The second-order valence-corrected chi connectivity index (χ2v) is 8.42. The molecule has 2 aliphatic rings. The first kappa shape index (κ1) is 19.9. The first-order chi connectivity index (χ1) is 13.5. The lowest BCUT2D eigenvalue weighted by molar-refractivity contribution is 0.295. The van der Waals surface area contributed by atoms with Crippen LogP contribution in [0.5, 0.6) is 0 Å². The molecule has 28 heavy (non-hydrogen) atoms. The van der Waals surface area contributed by atoms with E-state index < -0.39 is 0 Å². The SMILES string of the molecule is CC1(C)CC(/C=C/c2ccc(N3CCNCC3)cc2)=CC(C=C(C#N)C#N)C1. The van der Waals surface area contributed by atoms with Crippen molar-refractivity contribution in [3.8, 4) is 12.1 Å². The Labute approximate surface area is 168 Å². The van der Waals surface area contributed by atoms with Crippen molar-refractivity contribution in [2.45, 2.75) is 26.7 Å². The molecule has 1 unspecified atom stereocenters. The van der Waals surface area contributed by atoms with Gasteiger partial charge in [0.05, 0.1) is 0 Å². The van der Waals surface area contributed by atoms with E-state index in [9.17, 15) is 0 Å². The topological polar surface area (TPSA) is 62.9 Å². The summed E-state index contributed by atoms with van der Waals surface area (Å²) in [4.78, 5) is 2.41. The van der Waals surface area contributed by atoms with Crippen LogP contribution in [0.2, 0.25) is 0 Å². The third-order valence-electron chi connectivity index (χ3n) is 5.39. The number of hydrogen-bond donors (Lipinski definition) is 1. The number of nitrogens with zero attached hydrogens (tertiary/aromatic N) is 3. The van der Waals surface area contributed by atoms with Gasteiger partial charge in [-0.3, -0.25) is 0 Å². The van der Waals surface area contributed by atoms with Gasteiger partial charge in [0, 0.05) is 31.9 Å². The molecule has 1 aliphatic carbocycles. The van der Waals surface area contributed by atoms with Crippen LogP contribution in [-0.2, 0) is 0 Å². The van der Waals surface area contributed by atoms with Crippen LogP contribution in [0.4, 0.5) is 5.69 Å². The van der Waals surface area contributed by atoms with Crippen molar-refractivity contribution in [1.82, 2.24) is 5.32 Å². The number of allylic oxidation sites excluding steroid dienone is 5. The highest BCUT2D eigenvalue weighted by Crippen LogP contribution is 2.39. The zero-order valence-electron chi connectivity index (χ0n) is 16.8. The molecule has 1 heterocycles. The molecule has 1 aliphatic heterocycles. The first-order valence-electron chi connectivity index (χ1n) is 9.96. The lowest BCUT2D eigenvalue weighted by Crippen LogP contribution is -2.43. The number of benzene rings is 1. The van der Waals surface area contributed by atoms with Crippen LogP contribution < -0.4 is 10.2 Å². The molecule has 1 N–H and O–H groups in total.